The Bertz CT molecular complexity index is 255. The molecule has 0 aliphatic rings. The van der Waals surface area contributed by atoms with Crippen LogP contribution in [0.25, 0.3) is 0 Å². The van der Waals surface area contributed by atoms with Gasteiger partial charge in [-0.25, -0.2) is 9.59 Å². The largest absolute Gasteiger partial charge is 0.480 e. The third-order valence-electron chi connectivity index (χ3n) is 1.06. The number of amides is 1. The second-order valence-electron chi connectivity index (χ2n) is 3.71. The normalized spacial score (nSPS) is 14.0. The summed E-state index contributed by atoms with van der Waals surface area (Å²) in [5.74, 6) is -1.14. The van der Waals surface area contributed by atoms with E-state index in [1.807, 2.05) is 0 Å². The molecule has 1 N–H and O–H groups in total. The number of hydrogen-bond donors (Lipinski definition) is 1. The van der Waals surface area contributed by atoms with Crippen molar-refractivity contribution in [2.24, 2.45) is 10.2 Å². The Labute approximate surface area is 82.0 Å². The lowest BCUT2D eigenvalue weighted by atomic mass is 10.2. The van der Waals surface area contributed by atoms with E-state index < -0.39 is 23.7 Å². The number of rotatable bonds is 2. The molecule has 0 spiro atoms. The molecule has 0 saturated carbocycles. The minimum absolute atomic E-state index is 0.650. The third kappa shape index (κ3) is 6.10. The van der Waals surface area contributed by atoms with Crippen molar-refractivity contribution in [2.75, 3.05) is 0 Å². The van der Waals surface area contributed by atoms with Crippen molar-refractivity contribution in [2.45, 2.75) is 39.3 Å². The molecule has 0 aromatic carbocycles. The van der Waals surface area contributed by atoms with Crippen molar-refractivity contribution in [1.82, 2.24) is 0 Å². The number of azo groups is 1. The Hall–Kier alpha value is -1.46. The van der Waals surface area contributed by atoms with Crippen LogP contribution >= 0.6 is 0 Å². The van der Waals surface area contributed by atoms with Crippen LogP contribution in [0.5, 0.6) is 0 Å². The molecule has 0 aromatic heterocycles. The van der Waals surface area contributed by atoms with E-state index in [0.717, 1.165) is 0 Å². The Morgan fingerprint density at radius 2 is 1.86 bits per heavy atom. The highest BCUT2D eigenvalue weighted by molar-refractivity contribution is 5.73. The number of hydrogen-bond acceptors (Lipinski definition) is 4. The van der Waals surface area contributed by atoms with E-state index in [9.17, 15) is 9.59 Å². The highest BCUT2D eigenvalue weighted by atomic mass is 16.6. The fourth-order valence-corrected chi connectivity index (χ4v) is 0.465. The average Bonchev–Trinajstić information content (AvgIpc) is 1.96. The quantitative estimate of drug-likeness (QED) is 0.692. The predicted molar refractivity (Wildman–Crippen MR) is 48.2 cm³/mol. The molecule has 0 saturated heterocycles. The maximum atomic E-state index is 10.9. The molecule has 6 nitrogen and oxygen atoms in total. The van der Waals surface area contributed by atoms with E-state index in [0.29, 0.717) is 0 Å². The number of nitrogens with zero attached hydrogens (tertiary/aromatic N) is 2. The van der Waals surface area contributed by atoms with Crippen LogP contribution in [0.1, 0.15) is 27.7 Å². The van der Waals surface area contributed by atoms with Crippen molar-refractivity contribution >= 4 is 12.1 Å². The Kier molecular flexibility index (Phi) is 4.20. The van der Waals surface area contributed by atoms with Crippen molar-refractivity contribution in [3.8, 4) is 0 Å². The molecular formula is C8H14N2O4. The van der Waals surface area contributed by atoms with Gasteiger partial charge in [-0.1, -0.05) is 5.11 Å². The summed E-state index contributed by atoms with van der Waals surface area (Å²) in [5, 5.41) is 14.8. The Morgan fingerprint density at radius 1 is 1.36 bits per heavy atom. The minimum Gasteiger partial charge on any atom is -0.480 e. The lowest BCUT2D eigenvalue weighted by Crippen LogP contribution is -2.22. The molecule has 0 fully saturated rings. The lowest BCUT2D eigenvalue weighted by molar-refractivity contribution is -0.138. The van der Waals surface area contributed by atoms with E-state index in [4.69, 9.17) is 9.84 Å². The molecule has 0 radical (unpaired) electrons. The molecule has 0 bridgehead atoms. The van der Waals surface area contributed by atoms with Gasteiger partial charge in [-0.2, -0.15) is 5.11 Å². The van der Waals surface area contributed by atoms with Crippen molar-refractivity contribution < 1.29 is 19.4 Å². The van der Waals surface area contributed by atoms with Crippen molar-refractivity contribution in [3.05, 3.63) is 0 Å². The van der Waals surface area contributed by atoms with Crippen LogP contribution in [-0.2, 0) is 9.53 Å². The highest BCUT2D eigenvalue weighted by Crippen LogP contribution is 2.08. The molecule has 0 aromatic rings. The minimum atomic E-state index is -1.14. The fraction of sp³-hybridized carbons (Fsp3) is 0.750. The molecule has 14 heavy (non-hydrogen) atoms. The maximum Gasteiger partial charge on any atom is 0.452 e. The molecular weight excluding hydrogens is 188 g/mol. The number of ether oxygens (including phenoxy) is 1. The molecule has 6 heteroatoms. The summed E-state index contributed by atoms with van der Waals surface area (Å²) in [4.78, 5) is 21.2. The van der Waals surface area contributed by atoms with Gasteiger partial charge >= 0.3 is 12.1 Å². The topological polar surface area (TPSA) is 88.3 Å². The molecule has 1 unspecified atom stereocenters. The first kappa shape index (κ1) is 12.5. The van der Waals surface area contributed by atoms with E-state index in [2.05, 4.69) is 10.2 Å². The smallest absolute Gasteiger partial charge is 0.452 e. The van der Waals surface area contributed by atoms with Gasteiger partial charge in [0.1, 0.15) is 5.60 Å². The van der Waals surface area contributed by atoms with Crippen LogP contribution < -0.4 is 0 Å². The summed E-state index contributed by atoms with van der Waals surface area (Å²) in [6, 6.07) is -1.04. The van der Waals surface area contributed by atoms with Gasteiger partial charge in [0.25, 0.3) is 0 Å². The summed E-state index contributed by atoms with van der Waals surface area (Å²) >= 11 is 0. The van der Waals surface area contributed by atoms with Gasteiger partial charge in [0.05, 0.1) is 0 Å². The Balaban J connectivity index is 4.13. The zero-order valence-corrected chi connectivity index (χ0v) is 8.64. The Morgan fingerprint density at radius 3 is 2.21 bits per heavy atom. The summed E-state index contributed by atoms with van der Waals surface area (Å²) in [7, 11) is 0. The summed E-state index contributed by atoms with van der Waals surface area (Å²) in [5.41, 5.74) is -0.650. The number of carboxylic acids is 1. The van der Waals surface area contributed by atoms with Crippen LogP contribution in [0.15, 0.2) is 10.2 Å². The summed E-state index contributed by atoms with van der Waals surface area (Å²) in [6.45, 7) is 6.36. The first-order valence-corrected chi connectivity index (χ1v) is 4.09. The van der Waals surface area contributed by atoms with Gasteiger partial charge in [-0.05, 0) is 27.7 Å². The summed E-state index contributed by atoms with van der Waals surface area (Å²) < 4.78 is 4.78. The molecule has 1 atom stereocenters. The standard InChI is InChI=1S/C8H14N2O4/c1-5(6(11)12)9-10-7(13)14-8(2,3)4/h5H,1-4H3,(H,11,12). The first-order chi connectivity index (χ1) is 6.22. The zero-order valence-electron chi connectivity index (χ0n) is 8.64. The first-order valence-electron chi connectivity index (χ1n) is 4.09. The molecule has 0 aliphatic carbocycles. The van der Waals surface area contributed by atoms with E-state index in [1.165, 1.54) is 6.92 Å². The molecule has 0 aliphatic heterocycles. The van der Waals surface area contributed by atoms with Crippen LogP contribution in [-0.4, -0.2) is 28.8 Å². The molecule has 0 rings (SSSR count). The highest BCUT2D eigenvalue weighted by Gasteiger charge is 2.16. The SMILES string of the molecule is CC(N=NC(=O)OC(C)(C)C)C(=O)O. The van der Waals surface area contributed by atoms with Gasteiger partial charge < -0.3 is 9.84 Å². The molecule has 1 amide bonds. The summed E-state index contributed by atoms with van der Waals surface area (Å²) in [6.07, 6.45) is -0.884. The van der Waals surface area contributed by atoms with Gasteiger partial charge in [0, 0.05) is 0 Å². The van der Waals surface area contributed by atoms with Gasteiger partial charge in [-0.3, -0.25) is 0 Å². The second kappa shape index (κ2) is 4.69. The van der Waals surface area contributed by atoms with E-state index in [1.54, 1.807) is 20.8 Å². The van der Waals surface area contributed by atoms with Crippen LogP contribution in [0, 0.1) is 0 Å². The van der Waals surface area contributed by atoms with Crippen molar-refractivity contribution in [3.63, 3.8) is 0 Å². The van der Waals surface area contributed by atoms with Crippen molar-refractivity contribution in [1.29, 1.82) is 0 Å². The van der Waals surface area contributed by atoms with E-state index >= 15 is 0 Å². The monoisotopic (exact) mass is 202 g/mol. The van der Waals surface area contributed by atoms with Gasteiger partial charge in [0.15, 0.2) is 6.04 Å². The van der Waals surface area contributed by atoms with Gasteiger partial charge in [-0.15, -0.1) is 0 Å². The third-order valence-corrected chi connectivity index (χ3v) is 1.06. The van der Waals surface area contributed by atoms with Crippen LogP contribution in [0.4, 0.5) is 4.79 Å². The number of carbonyl (C=O) groups excluding carboxylic acids is 1. The maximum absolute atomic E-state index is 10.9. The predicted octanol–water partition coefficient (Wildman–Crippen LogP) is 1.85. The fourth-order valence-electron chi connectivity index (χ4n) is 0.465. The van der Waals surface area contributed by atoms with Gasteiger partial charge in [0.2, 0.25) is 0 Å². The molecule has 80 valence electrons. The number of aliphatic carboxylic acids is 1. The zero-order chi connectivity index (χ0) is 11.4. The number of carbonyl (C=O) groups is 2. The molecule has 0 heterocycles. The van der Waals surface area contributed by atoms with E-state index in [-0.39, 0.29) is 0 Å². The lowest BCUT2D eigenvalue weighted by Gasteiger charge is -2.16. The van der Waals surface area contributed by atoms with Crippen LogP contribution in [0.2, 0.25) is 0 Å². The number of carboxylic acid groups (broad SMARTS) is 1. The van der Waals surface area contributed by atoms with Crippen LogP contribution in [0.3, 0.4) is 0 Å². The average molecular weight is 202 g/mol. The second-order valence-corrected chi connectivity index (χ2v) is 3.71.